The van der Waals surface area contributed by atoms with Gasteiger partial charge in [-0.05, 0) is 58.1 Å². The molecule has 0 unspecified atom stereocenters. The molecule has 0 saturated carbocycles. The molecule has 2 amide bonds. The van der Waals surface area contributed by atoms with Crippen molar-refractivity contribution in [1.29, 1.82) is 0 Å². The molecule has 1 aromatic heterocycles. The van der Waals surface area contributed by atoms with Crippen molar-refractivity contribution >= 4 is 29.6 Å². The summed E-state index contributed by atoms with van der Waals surface area (Å²) in [6.45, 7) is 4.41. The molecule has 48 heavy (non-hydrogen) atoms. The fraction of sp³-hybridized carbons (Fsp3) is 0.500. The van der Waals surface area contributed by atoms with E-state index in [0.29, 0.717) is 44.8 Å². The molecule has 1 aliphatic rings. The summed E-state index contributed by atoms with van der Waals surface area (Å²) in [6, 6.07) is 1.53. The summed E-state index contributed by atoms with van der Waals surface area (Å²) < 4.78 is 12.4. The van der Waals surface area contributed by atoms with Crippen LogP contribution in [-0.2, 0) is 14.3 Å². The SMILES string of the molecule is CC/C=C\C/C=C\C/C=C\C/C=C\C/C=C\C/C=C\CCC(=O)NCCN(C)CCNC(=O)OC[C@@H]1O[C@H](n2ccc(N)nc2=O)CS1. The van der Waals surface area contributed by atoms with Gasteiger partial charge in [-0.25, -0.2) is 9.59 Å². The Morgan fingerprint density at radius 3 is 2.10 bits per heavy atom. The fourth-order valence-corrected chi connectivity index (χ4v) is 5.30. The molecule has 0 bridgehead atoms. The molecule has 264 valence electrons. The third-order valence-electron chi connectivity index (χ3n) is 6.96. The van der Waals surface area contributed by atoms with Gasteiger partial charge in [0.2, 0.25) is 5.91 Å². The van der Waals surface area contributed by atoms with Crippen LogP contribution < -0.4 is 22.1 Å². The average Bonchev–Trinajstić information content (AvgIpc) is 3.53. The quantitative estimate of drug-likeness (QED) is 0.125. The topological polar surface area (TPSA) is 141 Å². The van der Waals surface area contributed by atoms with Gasteiger partial charge in [-0.3, -0.25) is 9.36 Å². The fourth-order valence-electron chi connectivity index (χ4n) is 4.31. The number of ether oxygens (including phenoxy) is 2. The van der Waals surface area contributed by atoms with E-state index in [2.05, 4.69) is 89.4 Å². The second kappa shape index (κ2) is 26.1. The molecule has 1 aromatic rings. The lowest BCUT2D eigenvalue weighted by Gasteiger charge is -2.17. The average molecular weight is 683 g/mol. The Bertz CT molecular complexity index is 1310. The van der Waals surface area contributed by atoms with E-state index >= 15 is 0 Å². The number of aromatic nitrogens is 2. The molecule has 4 N–H and O–H groups in total. The molecule has 2 heterocycles. The molecule has 2 rings (SSSR count). The largest absolute Gasteiger partial charge is 0.446 e. The second-order valence-corrected chi connectivity index (χ2v) is 12.2. The first-order valence-electron chi connectivity index (χ1n) is 16.8. The van der Waals surface area contributed by atoms with Crippen LogP contribution in [0.15, 0.2) is 90.0 Å². The van der Waals surface area contributed by atoms with Crippen molar-refractivity contribution in [2.75, 3.05) is 51.3 Å². The van der Waals surface area contributed by atoms with Crippen LogP contribution in [-0.4, -0.2) is 77.5 Å². The number of amides is 2. The number of nitrogen functional groups attached to an aromatic ring is 1. The highest BCUT2D eigenvalue weighted by Gasteiger charge is 2.29. The van der Waals surface area contributed by atoms with Gasteiger partial charge in [0.25, 0.3) is 0 Å². The Labute approximate surface area is 290 Å². The molecular weight excluding hydrogens is 629 g/mol. The van der Waals surface area contributed by atoms with Gasteiger partial charge in [-0.1, -0.05) is 79.8 Å². The van der Waals surface area contributed by atoms with Crippen molar-refractivity contribution < 1.29 is 19.1 Å². The smallest absolute Gasteiger partial charge is 0.407 e. The van der Waals surface area contributed by atoms with Gasteiger partial charge in [0.05, 0.1) is 0 Å². The van der Waals surface area contributed by atoms with Gasteiger partial charge in [0.1, 0.15) is 24.1 Å². The number of thioether (sulfide) groups is 1. The number of nitrogens with zero attached hydrogens (tertiary/aromatic N) is 3. The summed E-state index contributed by atoms with van der Waals surface area (Å²) in [5.74, 6) is 0.711. The van der Waals surface area contributed by atoms with Gasteiger partial charge < -0.3 is 30.7 Å². The number of nitrogens with one attached hydrogen (secondary N) is 2. The summed E-state index contributed by atoms with van der Waals surface area (Å²) in [6.07, 6.45) is 33.5. The number of carbonyl (C=O) groups excluding carboxylic acids is 2. The number of carbonyl (C=O) groups is 2. The number of hydrogen-bond acceptors (Lipinski definition) is 9. The zero-order valence-corrected chi connectivity index (χ0v) is 29.3. The number of nitrogens with two attached hydrogens (primary N) is 1. The molecule has 1 fully saturated rings. The van der Waals surface area contributed by atoms with Crippen LogP contribution in [0.4, 0.5) is 10.6 Å². The summed E-state index contributed by atoms with van der Waals surface area (Å²) >= 11 is 1.45. The van der Waals surface area contributed by atoms with Gasteiger partial charge in [-0.15, -0.1) is 11.8 Å². The van der Waals surface area contributed by atoms with Crippen molar-refractivity contribution in [3.63, 3.8) is 0 Å². The highest BCUT2D eigenvalue weighted by Crippen LogP contribution is 2.31. The monoisotopic (exact) mass is 682 g/mol. The van der Waals surface area contributed by atoms with Crippen LogP contribution in [0, 0.1) is 0 Å². The Morgan fingerprint density at radius 2 is 1.52 bits per heavy atom. The number of likely N-dealkylation sites (N-methyl/N-ethyl adjacent to an activating group) is 1. The lowest BCUT2D eigenvalue weighted by Crippen LogP contribution is -2.38. The molecule has 0 spiro atoms. The predicted molar refractivity (Wildman–Crippen MR) is 197 cm³/mol. The Morgan fingerprint density at radius 1 is 0.958 bits per heavy atom. The van der Waals surface area contributed by atoms with Crippen molar-refractivity contribution in [3.05, 3.63) is 95.7 Å². The number of alkyl carbamates (subject to hydrolysis) is 1. The lowest BCUT2D eigenvalue weighted by atomic mass is 10.2. The zero-order valence-electron chi connectivity index (χ0n) is 28.5. The summed E-state index contributed by atoms with van der Waals surface area (Å²) in [7, 11) is 1.92. The van der Waals surface area contributed by atoms with E-state index in [-0.39, 0.29) is 23.8 Å². The highest BCUT2D eigenvalue weighted by molar-refractivity contribution is 8.00. The minimum Gasteiger partial charge on any atom is -0.446 e. The Balaban J connectivity index is 1.41. The molecular formula is C36H54N6O5S. The Kier molecular flexibility index (Phi) is 21.9. The molecule has 11 nitrogen and oxygen atoms in total. The van der Waals surface area contributed by atoms with E-state index in [1.54, 1.807) is 6.20 Å². The van der Waals surface area contributed by atoms with E-state index in [1.807, 2.05) is 18.0 Å². The second-order valence-electron chi connectivity index (χ2n) is 11.0. The first kappa shape index (κ1) is 40.3. The molecule has 2 atom stereocenters. The molecule has 0 aliphatic carbocycles. The minimum absolute atomic E-state index is 0.0244. The van der Waals surface area contributed by atoms with Crippen LogP contribution in [0.2, 0.25) is 0 Å². The normalized spacial score (nSPS) is 17.0. The summed E-state index contributed by atoms with van der Waals surface area (Å²) in [4.78, 5) is 41.9. The lowest BCUT2D eigenvalue weighted by molar-refractivity contribution is -0.121. The van der Waals surface area contributed by atoms with E-state index in [4.69, 9.17) is 15.2 Å². The first-order chi connectivity index (χ1) is 23.4. The third-order valence-corrected chi connectivity index (χ3v) is 8.06. The van der Waals surface area contributed by atoms with Crippen molar-refractivity contribution in [2.24, 2.45) is 0 Å². The van der Waals surface area contributed by atoms with Crippen molar-refractivity contribution in [2.45, 2.75) is 70.0 Å². The zero-order chi connectivity index (χ0) is 34.7. The van der Waals surface area contributed by atoms with Crippen LogP contribution >= 0.6 is 11.8 Å². The molecule has 0 aromatic carbocycles. The van der Waals surface area contributed by atoms with E-state index in [9.17, 15) is 14.4 Å². The predicted octanol–water partition coefficient (Wildman–Crippen LogP) is 5.67. The van der Waals surface area contributed by atoms with Crippen LogP contribution in [0.1, 0.15) is 64.5 Å². The highest BCUT2D eigenvalue weighted by atomic mass is 32.2. The molecule has 12 heteroatoms. The number of anilines is 1. The first-order valence-corrected chi connectivity index (χ1v) is 17.8. The van der Waals surface area contributed by atoms with Crippen LogP contribution in [0.25, 0.3) is 0 Å². The molecule has 1 aliphatic heterocycles. The van der Waals surface area contributed by atoms with Crippen LogP contribution in [0.5, 0.6) is 0 Å². The molecule has 1 saturated heterocycles. The standard InChI is InChI=1S/C36H54N6O5S/c1-3-4-5-6-7-8-9-10-11-12-13-14-15-16-17-18-19-20-21-22-32(43)38-24-27-41(2)28-25-39-36(45)46-29-34-47-33(30-48-34)42-26-23-31(37)40-35(42)44/h4-5,7-8,10-11,13-14,16-17,19-20,23,26,33-34H,3,6,9,12,15,18,21-22,24-25,27-30H2,1-2H3,(H,38,43)(H,39,45)(H2,37,40,44)/b5-4-,8-7-,11-10-,14-13-,17-16-,20-19-/t33-,34+/m0/s1. The van der Waals surface area contributed by atoms with E-state index in [0.717, 1.165) is 38.5 Å². The maximum absolute atomic E-state index is 12.1. The van der Waals surface area contributed by atoms with Gasteiger partial charge in [-0.2, -0.15) is 4.98 Å². The van der Waals surface area contributed by atoms with Crippen LogP contribution in [0.3, 0.4) is 0 Å². The summed E-state index contributed by atoms with van der Waals surface area (Å²) in [5, 5.41) is 5.65. The number of rotatable bonds is 23. The van der Waals surface area contributed by atoms with Gasteiger partial charge in [0, 0.05) is 44.5 Å². The van der Waals surface area contributed by atoms with Gasteiger partial charge in [0.15, 0.2) is 0 Å². The molecule has 0 radical (unpaired) electrons. The van der Waals surface area contributed by atoms with E-state index < -0.39 is 18.0 Å². The van der Waals surface area contributed by atoms with Crippen molar-refractivity contribution in [3.8, 4) is 0 Å². The van der Waals surface area contributed by atoms with E-state index in [1.165, 1.54) is 22.4 Å². The number of hydrogen-bond donors (Lipinski definition) is 3. The summed E-state index contributed by atoms with van der Waals surface area (Å²) in [5.41, 5.74) is 4.67. The maximum atomic E-state index is 12.1. The number of allylic oxidation sites excluding steroid dienone is 12. The maximum Gasteiger partial charge on any atom is 0.407 e. The minimum atomic E-state index is -0.537. The Hall–Kier alpha value is -3.87. The third kappa shape index (κ3) is 19.7. The van der Waals surface area contributed by atoms with Crippen molar-refractivity contribution in [1.82, 2.24) is 25.1 Å². The van der Waals surface area contributed by atoms with Gasteiger partial charge >= 0.3 is 11.8 Å².